The second kappa shape index (κ2) is 12.2. The van der Waals surface area contributed by atoms with Gasteiger partial charge in [0.1, 0.15) is 11.9 Å². The Morgan fingerprint density at radius 1 is 1.02 bits per heavy atom. The van der Waals surface area contributed by atoms with E-state index in [2.05, 4.69) is 83.5 Å². The molecule has 0 saturated carbocycles. The molecule has 0 bridgehead atoms. The van der Waals surface area contributed by atoms with E-state index in [9.17, 15) is 10.1 Å². The third-order valence-corrected chi connectivity index (χ3v) is 8.74. The van der Waals surface area contributed by atoms with Gasteiger partial charge in [-0.1, -0.05) is 19.1 Å². The van der Waals surface area contributed by atoms with Gasteiger partial charge < -0.3 is 15.1 Å². The summed E-state index contributed by atoms with van der Waals surface area (Å²) in [5.74, 6) is 1.07. The van der Waals surface area contributed by atoms with E-state index in [1.165, 1.54) is 5.69 Å². The van der Waals surface area contributed by atoms with Crippen LogP contribution in [0.4, 0.5) is 11.5 Å². The lowest BCUT2D eigenvalue weighted by Gasteiger charge is -2.41. The van der Waals surface area contributed by atoms with E-state index in [1.807, 2.05) is 32.3 Å². The SMILES string of the molecule is CCN(CC)c1ccc(-c2cc(-c3ccc(N4CCC(CC)(C(=O)NC(C)C)CC4)nc3)c3c(C#N)cnn3c2)cc1. The minimum absolute atomic E-state index is 0.141. The number of anilines is 2. The van der Waals surface area contributed by atoms with Gasteiger partial charge in [0.2, 0.25) is 5.91 Å². The fourth-order valence-corrected chi connectivity index (χ4v) is 6.09. The molecule has 5 rings (SSSR count). The van der Waals surface area contributed by atoms with Crippen LogP contribution in [0.2, 0.25) is 0 Å². The van der Waals surface area contributed by atoms with E-state index in [4.69, 9.17) is 4.98 Å². The number of piperidine rings is 1. The first kappa shape index (κ1) is 29.1. The van der Waals surface area contributed by atoms with Gasteiger partial charge in [0.25, 0.3) is 0 Å². The predicted octanol–water partition coefficient (Wildman–Crippen LogP) is 6.30. The topological polar surface area (TPSA) is 89.6 Å². The fourth-order valence-electron chi connectivity index (χ4n) is 6.09. The van der Waals surface area contributed by atoms with Crippen molar-refractivity contribution < 1.29 is 4.79 Å². The molecule has 0 spiro atoms. The molecule has 0 aliphatic carbocycles. The monoisotopic (exact) mass is 563 g/mol. The molecule has 1 aliphatic heterocycles. The minimum Gasteiger partial charge on any atom is -0.372 e. The Morgan fingerprint density at radius 3 is 2.29 bits per heavy atom. The highest BCUT2D eigenvalue weighted by atomic mass is 16.2. The number of carbonyl (C=O) groups is 1. The first-order valence-electron chi connectivity index (χ1n) is 15.1. The molecule has 0 atom stereocenters. The quantitative estimate of drug-likeness (QED) is 0.257. The Hall–Kier alpha value is -4.38. The van der Waals surface area contributed by atoms with Crippen molar-refractivity contribution in [2.45, 2.75) is 59.9 Å². The Morgan fingerprint density at radius 2 is 1.71 bits per heavy atom. The van der Waals surface area contributed by atoms with Crippen LogP contribution in [0, 0.1) is 16.7 Å². The standard InChI is InChI=1S/C34H41N7O/c1-6-34(33(42)38-24(4)5)15-17-40(18-16-34)31-14-11-26(21-36-31)30-19-27(23-41-32(30)28(20-35)22-37-41)25-9-12-29(13-10-25)39(7-2)8-3/h9-14,19,21-24H,6-8,15-18H2,1-5H3,(H,38,42). The maximum atomic E-state index is 13.0. The van der Waals surface area contributed by atoms with Gasteiger partial charge in [-0.2, -0.15) is 10.4 Å². The Balaban J connectivity index is 1.43. The average molecular weight is 564 g/mol. The lowest BCUT2D eigenvalue weighted by Crippen LogP contribution is -2.50. The van der Waals surface area contributed by atoms with Crippen molar-refractivity contribution in [1.82, 2.24) is 19.9 Å². The summed E-state index contributed by atoms with van der Waals surface area (Å²) >= 11 is 0. The molecule has 0 unspecified atom stereocenters. The number of fused-ring (bicyclic) bond motifs is 1. The zero-order valence-electron chi connectivity index (χ0n) is 25.4. The maximum Gasteiger partial charge on any atom is 0.226 e. The molecular weight excluding hydrogens is 522 g/mol. The molecule has 4 heterocycles. The molecule has 8 heteroatoms. The molecule has 0 radical (unpaired) electrons. The average Bonchev–Trinajstić information content (AvgIpc) is 3.44. The van der Waals surface area contributed by atoms with Crippen LogP contribution in [-0.4, -0.2) is 52.7 Å². The molecule has 1 amide bonds. The van der Waals surface area contributed by atoms with Gasteiger partial charge in [-0.15, -0.1) is 0 Å². The van der Waals surface area contributed by atoms with Gasteiger partial charge in [-0.25, -0.2) is 9.50 Å². The summed E-state index contributed by atoms with van der Waals surface area (Å²) < 4.78 is 1.80. The first-order chi connectivity index (χ1) is 20.3. The van der Waals surface area contributed by atoms with E-state index in [0.29, 0.717) is 5.56 Å². The van der Waals surface area contributed by atoms with Gasteiger partial charge >= 0.3 is 0 Å². The van der Waals surface area contributed by atoms with Crippen molar-refractivity contribution in [3.05, 3.63) is 66.6 Å². The fraction of sp³-hybridized carbons (Fsp3) is 0.412. The van der Waals surface area contributed by atoms with Crippen LogP contribution in [0.15, 0.2) is 61.1 Å². The molecule has 8 nitrogen and oxygen atoms in total. The number of amides is 1. The van der Waals surface area contributed by atoms with E-state index in [0.717, 1.165) is 79.0 Å². The Bertz CT molecular complexity index is 1570. The number of benzene rings is 1. The molecule has 1 aromatic carbocycles. The summed E-state index contributed by atoms with van der Waals surface area (Å²) in [4.78, 5) is 22.4. The largest absolute Gasteiger partial charge is 0.372 e. The molecule has 218 valence electrons. The van der Waals surface area contributed by atoms with Crippen molar-refractivity contribution in [3.8, 4) is 28.3 Å². The van der Waals surface area contributed by atoms with Gasteiger partial charge in [0.15, 0.2) is 0 Å². The van der Waals surface area contributed by atoms with Crippen LogP contribution in [-0.2, 0) is 4.79 Å². The van der Waals surface area contributed by atoms with Crippen LogP contribution in [0.1, 0.15) is 59.4 Å². The van der Waals surface area contributed by atoms with E-state index in [-0.39, 0.29) is 17.4 Å². The Kier molecular flexibility index (Phi) is 8.49. The van der Waals surface area contributed by atoms with E-state index in [1.54, 1.807) is 10.7 Å². The number of nitrogens with one attached hydrogen (secondary N) is 1. The lowest BCUT2D eigenvalue weighted by atomic mass is 9.75. The smallest absolute Gasteiger partial charge is 0.226 e. The summed E-state index contributed by atoms with van der Waals surface area (Å²) in [5.41, 5.74) is 6.15. The highest BCUT2D eigenvalue weighted by molar-refractivity contribution is 5.88. The van der Waals surface area contributed by atoms with Crippen LogP contribution in [0.25, 0.3) is 27.8 Å². The van der Waals surface area contributed by atoms with Crippen LogP contribution in [0.3, 0.4) is 0 Å². The molecule has 1 aliphatic rings. The molecule has 1 N–H and O–H groups in total. The van der Waals surface area contributed by atoms with E-state index >= 15 is 0 Å². The molecule has 1 saturated heterocycles. The number of carbonyl (C=O) groups excluding carboxylic acids is 1. The number of rotatable bonds is 9. The third-order valence-electron chi connectivity index (χ3n) is 8.74. The van der Waals surface area contributed by atoms with Crippen molar-refractivity contribution in [2.75, 3.05) is 36.0 Å². The third kappa shape index (κ3) is 5.56. The molecule has 3 aromatic heterocycles. The van der Waals surface area contributed by atoms with Crippen LogP contribution >= 0.6 is 0 Å². The molecular formula is C34H41N7O. The zero-order chi connectivity index (χ0) is 29.9. The zero-order valence-corrected chi connectivity index (χ0v) is 25.4. The number of aromatic nitrogens is 3. The normalized spacial score (nSPS) is 14.6. The summed E-state index contributed by atoms with van der Waals surface area (Å²) in [5, 5.41) is 17.5. The van der Waals surface area contributed by atoms with Crippen LogP contribution in [0.5, 0.6) is 0 Å². The maximum absolute atomic E-state index is 13.0. The minimum atomic E-state index is -0.313. The highest BCUT2D eigenvalue weighted by Crippen LogP contribution is 2.37. The van der Waals surface area contributed by atoms with Gasteiger partial charge in [-0.3, -0.25) is 4.79 Å². The number of nitriles is 1. The molecule has 42 heavy (non-hydrogen) atoms. The second-order valence-corrected chi connectivity index (χ2v) is 11.5. The van der Waals surface area contributed by atoms with Crippen molar-refractivity contribution >= 4 is 22.9 Å². The number of pyridine rings is 2. The summed E-state index contributed by atoms with van der Waals surface area (Å²) in [6.07, 6.45) is 7.95. The molecule has 1 fully saturated rings. The summed E-state index contributed by atoms with van der Waals surface area (Å²) in [6, 6.07) is 17.3. The number of hydrogen-bond acceptors (Lipinski definition) is 6. The Labute approximate surface area is 249 Å². The number of nitrogens with zero attached hydrogens (tertiary/aromatic N) is 6. The van der Waals surface area contributed by atoms with Crippen molar-refractivity contribution in [2.24, 2.45) is 5.41 Å². The second-order valence-electron chi connectivity index (χ2n) is 11.5. The van der Waals surface area contributed by atoms with Crippen LogP contribution < -0.4 is 15.1 Å². The van der Waals surface area contributed by atoms with Gasteiger partial charge in [0.05, 0.1) is 22.7 Å². The summed E-state index contributed by atoms with van der Waals surface area (Å²) in [7, 11) is 0. The van der Waals surface area contributed by atoms with Crippen molar-refractivity contribution in [3.63, 3.8) is 0 Å². The lowest BCUT2D eigenvalue weighted by molar-refractivity contribution is -0.133. The molecule has 4 aromatic rings. The van der Waals surface area contributed by atoms with Crippen molar-refractivity contribution in [1.29, 1.82) is 5.26 Å². The number of hydrogen-bond donors (Lipinski definition) is 1. The van der Waals surface area contributed by atoms with Gasteiger partial charge in [0, 0.05) is 67.0 Å². The predicted molar refractivity (Wildman–Crippen MR) is 170 cm³/mol. The first-order valence-corrected chi connectivity index (χ1v) is 15.1. The van der Waals surface area contributed by atoms with E-state index < -0.39 is 0 Å². The summed E-state index contributed by atoms with van der Waals surface area (Å²) in [6.45, 7) is 14.0. The van der Waals surface area contributed by atoms with Gasteiger partial charge in [-0.05, 0) is 82.9 Å². The highest BCUT2D eigenvalue weighted by Gasteiger charge is 2.40.